The molecule has 1 rings (SSSR count). The van der Waals surface area contributed by atoms with Gasteiger partial charge in [-0.25, -0.2) is 0 Å². The van der Waals surface area contributed by atoms with Crippen LogP contribution in [-0.4, -0.2) is 11.1 Å². The van der Waals surface area contributed by atoms with Gasteiger partial charge in [-0.2, -0.15) is 0 Å². The van der Waals surface area contributed by atoms with Crippen molar-refractivity contribution in [2.45, 2.75) is 33.6 Å². The van der Waals surface area contributed by atoms with Gasteiger partial charge in [-0.15, -0.1) is 0 Å². The lowest BCUT2D eigenvalue weighted by atomic mass is 10.0. The second kappa shape index (κ2) is 8.04. The van der Waals surface area contributed by atoms with Crippen molar-refractivity contribution in [1.82, 2.24) is 0 Å². The average Bonchev–Trinajstić information content (AvgIpc) is 2.30. The maximum atomic E-state index is 10.5. The summed E-state index contributed by atoms with van der Waals surface area (Å²) >= 11 is 0. The predicted octanol–water partition coefficient (Wildman–Crippen LogP) is 3.37. The molecule has 0 bridgehead atoms. The molecule has 15 heavy (non-hydrogen) atoms. The molecular weight excluding hydrogens is 188 g/mol. The first-order valence-electron chi connectivity index (χ1n) is 5.47. The van der Waals surface area contributed by atoms with Gasteiger partial charge in [-0.1, -0.05) is 51.1 Å². The number of benzene rings is 1. The highest BCUT2D eigenvalue weighted by Crippen LogP contribution is 2.09. The van der Waals surface area contributed by atoms with Crippen LogP contribution in [0.25, 0.3) is 0 Å². The highest BCUT2D eigenvalue weighted by molar-refractivity contribution is 5.69. The molecule has 0 spiro atoms. The van der Waals surface area contributed by atoms with Gasteiger partial charge in [0.25, 0.3) is 0 Å². The number of hydrogen-bond acceptors (Lipinski definition) is 1. The topological polar surface area (TPSA) is 37.3 Å². The van der Waals surface area contributed by atoms with Crippen LogP contribution in [0.15, 0.2) is 30.3 Å². The Balaban J connectivity index is 0.000000921. The summed E-state index contributed by atoms with van der Waals surface area (Å²) in [7, 11) is 0. The summed E-state index contributed by atoms with van der Waals surface area (Å²) in [5.41, 5.74) is 1.20. The number of aryl methyl sites for hydroxylation is 1. The first kappa shape index (κ1) is 13.7. The maximum absolute atomic E-state index is 10.5. The maximum Gasteiger partial charge on any atom is 0.306 e. The smallest absolute Gasteiger partial charge is 0.306 e. The van der Waals surface area contributed by atoms with E-state index in [-0.39, 0.29) is 5.92 Å². The minimum atomic E-state index is -0.712. The van der Waals surface area contributed by atoms with Gasteiger partial charge in [0.15, 0.2) is 0 Å². The van der Waals surface area contributed by atoms with Gasteiger partial charge < -0.3 is 5.11 Å². The van der Waals surface area contributed by atoms with Crippen LogP contribution in [0.2, 0.25) is 0 Å². The van der Waals surface area contributed by atoms with E-state index < -0.39 is 5.97 Å². The van der Waals surface area contributed by atoms with Crippen molar-refractivity contribution >= 4 is 5.97 Å². The second-order valence-corrected chi connectivity index (χ2v) is 3.26. The number of carboxylic acids is 1. The number of aliphatic carboxylic acids is 1. The Hall–Kier alpha value is -1.31. The molecule has 0 saturated heterocycles. The SMILES string of the molecule is CC.CC(CCc1ccccc1)C(=O)O. The van der Waals surface area contributed by atoms with Crippen LogP contribution in [0.5, 0.6) is 0 Å². The monoisotopic (exact) mass is 208 g/mol. The number of hydrogen-bond donors (Lipinski definition) is 1. The molecular formula is C13H20O2. The summed E-state index contributed by atoms with van der Waals surface area (Å²) in [6.07, 6.45) is 1.55. The van der Waals surface area contributed by atoms with Crippen molar-refractivity contribution in [1.29, 1.82) is 0 Å². The first-order chi connectivity index (χ1) is 7.20. The van der Waals surface area contributed by atoms with Crippen LogP contribution in [0.1, 0.15) is 32.8 Å². The standard InChI is InChI=1S/C11H14O2.C2H6/c1-9(11(12)13)7-8-10-5-3-2-4-6-10;1-2/h2-6,9H,7-8H2,1H3,(H,12,13);1-2H3. The Morgan fingerprint density at radius 1 is 1.27 bits per heavy atom. The fourth-order valence-electron chi connectivity index (χ4n) is 1.15. The van der Waals surface area contributed by atoms with Crippen LogP contribution in [-0.2, 0) is 11.2 Å². The van der Waals surface area contributed by atoms with Gasteiger partial charge in [-0.3, -0.25) is 4.79 Å². The largest absolute Gasteiger partial charge is 0.481 e. The van der Waals surface area contributed by atoms with E-state index in [1.54, 1.807) is 6.92 Å². The molecule has 0 saturated carbocycles. The molecule has 1 unspecified atom stereocenters. The Morgan fingerprint density at radius 3 is 2.27 bits per heavy atom. The van der Waals surface area contributed by atoms with Gasteiger partial charge in [0, 0.05) is 0 Å². The molecule has 0 heterocycles. The third-order valence-corrected chi connectivity index (χ3v) is 2.13. The van der Waals surface area contributed by atoms with Crippen LogP contribution in [0, 0.1) is 5.92 Å². The highest BCUT2D eigenvalue weighted by Gasteiger charge is 2.09. The zero-order valence-electron chi connectivity index (χ0n) is 9.73. The third kappa shape index (κ3) is 5.89. The van der Waals surface area contributed by atoms with Gasteiger partial charge in [0.2, 0.25) is 0 Å². The molecule has 84 valence electrons. The second-order valence-electron chi connectivity index (χ2n) is 3.26. The molecule has 0 aliphatic rings. The molecule has 0 fully saturated rings. The van der Waals surface area contributed by atoms with E-state index >= 15 is 0 Å². The number of rotatable bonds is 4. The van der Waals surface area contributed by atoms with E-state index in [0.717, 1.165) is 6.42 Å². The van der Waals surface area contributed by atoms with E-state index in [2.05, 4.69) is 0 Å². The normalized spacial score (nSPS) is 11.1. The van der Waals surface area contributed by atoms with Crippen LogP contribution < -0.4 is 0 Å². The minimum Gasteiger partial charge on any atom is -0.481 e. The molecule has 2 nitrogen and oxygen atoms in total. The van der Waals surface area contributed by atoms with E-state index in [4.69, 9.17) is 5.11 Å². The molecule has 2 heteroatoms. The van der Waals surface area contributed by atoms with E-state index in [0.29, 0.717) is 6.42 Å². The fourth-order valence-corrected chi connectivity index (χ4v) is 1.15. The number of carboxylic acid groups (broad SMARTS) is 1. The summed E-state index contributed by atoms with van der Waals surface area (Å²) in [5.74, 6) is -0.962. The fraction of sp³-hybridized carbons (Fsp3) is 0.462. The Labute approximate surface area is 91.9 Å². The molecule has 0 aromatic heterocycles. The lowest BCUT2D eigenvalue weighted by molar-refractivity contribution is -0.141. The van der Waals surface area contributed by atoms with Crippen LogP contribution >= 0.6 is 0 Å². The van der Waals surface area contributed by atoms with Crippen LogP contribution in [0.3, 0.4) is 0 Å². The molecule has 1 aromatic carbocycles. The molecule has 0 aliphatic carbocycles. The van der Waals surface area contributed by atoms with Gasteiger partial charge >= 0.3 is 5.97 Å². The zero-order chi connectivity index (χ0) is 11.7. The van der Waals surface area contributed by atoms with Gasteiger partial charge in [0.1, 0.15) is 0 Å². The average molecular weight is 208 g/mol. The molecule has 0 radical (unpaired) electrons. The van der Waals surface area contributed by atoms with Crippen molar-refractivity contribution in [3.8, 4) is 0 Å². The van der Waals surface area contributed by atoms with Crippen molar-refractivity contribution < 1.29 is 9.90 Å². The summed E-state index contributed by atoms with van der Waals surface area (Å²) in [6, 6.07) is 9.95. The lowest BCUT2D eigenvalue weighted by Crippen LogP contribution is -2.10. The van der Waals surface area contributed by atoms with Crippen molar-refractivity contribution in [3.05, 3.63) is 35.9 Å². The van der Waals surface area contributed by atoms with Crippen molar-refractivity contribution in [3.63, 3.8) is 0 Å². The zero-order valence-corrected chi connectivity index (χ0v) is 9.73. The lowest BCUT2D eigenvalue weighted by Gasteiger charge is -2.05. The Kier molecular flexibility index (Phi) is 7.33. The molecule has 0 aliphatic heterocycles. The van der Waals surface area contributed by atoms with E-state index in [9.17, 15) is 4.79 Å². The van der Waals surface area contributed by atoms with Crippen LogP contribution in [0.4, 0.5) is 0 Å². The third-order valence-electron chi connectivity index (χ3n) is 2.13. The molecule has 1 N–H and O–H groups in total. The highest BCUT2D eigenvalue weighted by atomic mass is 16.4. The van der Waals surface area contributed by atoms with Crippen molar-refractivity contribution in [2.75, 3.05) is 0 Å². The summed E-state index contributed by atoms with van der Waals surface area (Å²) < 4.78 is 0. The minimum absolute atomic E-state index is 0.250. The molecule has 1 aromatic rings. The predicted molar refractivity (Wildman–Crippen MR) is 62.9 cm³/mol. The number of carbonyl (C=O) groups is 1. The molecule has 1 atom stereocenters. The van der Waals surface area contributed by atoms with Gasteiger partial charge in [0.05, 0.1) is 5.92 Å². The summed E-state index contributed by atoms with van der Waals surface area (Å²) in [4.78, 5) is 10.5. The van der Waals surface area contributed by atoms with E-state index in [1.807, 2.05) is 44.2 Å². The van der Waals surface area contributed by atoms with E-state index in [1.165, 1.54) is 5.56 Å². The molecule has 0 amide bonds. The van der Waals surface area contributed by atoms with Crippen molar-refractivity contribution in [2.24, 2.45) is 5.92 Å². The quantitative estimate of drug-likeness (QED) is 0.823. The summed E-state index contributed by atoms with van der Waals surface area (Å²) in [5, 5.41) is 8.66. The first-order valence-corrected chi connectivity index (χ1v) is 5.47. The summed E-state index contributed by atoms with van der Waals surface area (Å²) in [6.45, 7) is 5.74. The van der Waals surface area contributed by atoms with Gasteiger partial charge in [-0.05, 0) is 18.4 Å². The Morgan fingerprint density at radius 2 is 1.80 bits per heavy atom. The Bertz CT molecular complexity index is 267.